The van der Waals surface area contributed by atoms with Crippen LogP contribution in [0.25, 0.3) is 0 Å². The number of carbonyl (C=O) groups excluding carboxylic acids is 1. The minimum Gasteiger partial charge on any atom is -0.508 e. The number of benzene rings is 2. The Labute approximate surface area is 202 Å². The maximum absolute atomic E-state index is 12.9. The minimum absolute atomic E-state index is 0. The molecule has 0 saturated carbocycles. The van der Waals surface area contributed by atoms with Crippen molar-refractivity contribution in [2.24, 2.45) is 5.92 Å². The fourth-order valence-electron chi connectivity index (χ4n) is 4.00. The van der Waals surface area contributed by atoms with E-state index < -0.39 is 10.0 Å². The molecular formula is C24H31N5O4S. The summed E-state index contributed by atoms with van der Waals surface area (Å²) in [6, 6.07) is 15.2. The highest BCUT2D eigenvalue weighted by atomic mass is 32.2. The average Bonchev–Trinajstić information content (AvgIpc) is 2.84. The molecule has 1 unspecified atom stereocenters. The highest BCUT2D eigenvalue weighted by molar-refractivity contribution is 7.92. The molecule has 182 valence electrons. The number of phenols is 1. The summed E-state index contributed by atoms with van der Waals surface area (Å²) in [5, 5.41) is 9.64. The number of amides is 1. The van der Waals surface area contributed by atoms with E-state index in [1.807, 2.05) is 17.9 Å². The Hall–Kier alpha value is -3.66. The summed E-state index contributed by atoms with van der Waals surface area (Å²) in [4.78, 5) is 24.7. The highest BCUT2D eigenvalue weighted by Gasteiger charge is 2.25. The van der Waals surface area contributed by atoms with Crippen LogP contribution in [0.2, 0.25) is 0 Å². The van der Waals surface area contributed by atoms with Crippen LogP contribution in [0.5, 0.6) is 5.75 Å². The predicted octanol–water partition coefficient (Wildman–Crippen LogP) is 3.00. The third-order valence-electron chi connectivity index (χ3n) is 5.80. The summed E-state index contributed by atoms with van der Waals surface area (Å²) in [6.45, 7) is 4.43. The second-order valence-electron chi connectivity index (χ2n) is 8.28. The van der Waals surface area contributed by atoms with Crippen molar-refractivity contribution in [2.45, 2.75) is 18.2 Å². The molecule has 10 heteroatoms. The first-order chi connectivity index (χ1) is 16.3. The monoisotopic (exact) mass is 485 g/mol. The van der Waals surface area contributed by atoms with Crippen molar-refractivity contribution in [3.8, 4) is 5.75 Å². The van der Waals surface area contributed by atoms with E-state index in [4.69, 9.17) is 0 Å². The van der Waals surface area contributed by atoms with E-state index >= 15 is 0 Å². The van der Waals surface area contributed by atoms with E-state index in [1.54, 1.807) is 42.5 Å². The van der Waals surface area contributed by atoms with Crippen molar-refractivity contribution in [1.29, 1.82) is 0 Å². The number of sulfonamides is 1. The van der Waals surface area contributed by atoms with Gasteiger partial charge in [0.05, 0.1) is 4.90 Å². The molecule has 1 saturated heterocycles. The van der Waals surface area contributed by atoms with Crippen LogP contribution >= 0.6 is 0 Å². The summed E-state index contributed by atoms with van der Waals surface area (Å²) in [5.74, 6) is 0.327. The van der Waals surface area contributed by atoms with E-state index in [2.05, 4.69) is 19.6 Å². The van der Waals surface area contributed by atoms with Crippen LogP contribution in [0.15, 0.2) is 72.0 Å². The lowest BCUT2D eigenvalue weighted by Crippen LogP contribution is -2.50. The lowest BCUT2D eigenvalue weighted by Gasteiger charge is -2.37. The van der Waals surface area contributed by atoms with Gasteiger partial charge in [0.1, 0.15) is 17.9 Å². The van der Waals surface area contributed by atoms with Crippen LogP contribution in [0.1, 0.15) is 15.3 Å². The van der Waals surface area contributed by atoms with E-state index in [-0.39, 0.29) is 31.1 Å². The third-order valence-corrected chi connectivity index (χ3v) is 7.17. The Bertz CT molecular complexity index is 1240. The molecule has 9 nitrogen and oxygen atoms in total. The van der Waals surface area contributed by atoms with Gasteiger partial charge in [0.15, 0.2) is 0 Å². The van der Waals surface area contributed by atoms with Crippen LogP contribution in [-0.4, -0.2) is 60.5 Å². The SMILES string of the molecule is CC(Cc1cccc(O)c1)C(=O)N1CCN(c2ccc(S(=O)(=O)Nc3ccncn3)cc2)CC1.[HH].[HH]. The van der Waals surface area contributed by atoms with Crippen molar-refractivity contribution < 1.29 is 21.2 Å². The number of carbonyl (C=O) groups is 1. The van der Waals surface area contributed by atoms with Crippen LogP contribution in [0.3, 0.4) is 0 Å². The molecule has 1 aliphatic heterocycles. The van der Waals surface area contributed by atoms with Crippen molar-refractivity contribution in [2.75, 3.05) is 35.8 Å². The van der Waals surface area contributed by atoms with Gasteiger partial charge in [0.25, 0.3) is 10.0 Å². The van der Waals surface area contributed by atoms with Gasteiger partial charge in [-0.2, -0.15) is 0 Å². The fourth-order valence-corrected chi connectivity index (χ4v) is 5.01. The van der Waals surface area contributed by atoms with Gasteiger partial charge in [0, 0.05) is 46.8 Å². The van der Waals surface area contributed by atoms with E-state index in [0.29, 0.717) is 32.6 Å². The highest BCUT2D eigenvalue weighted by Crippen LogP contribution is 2.22. The van der Waals surface area contributed by atoms with Crippen molar-refractivity contribution >= 4 is 27.4 Å². The number of anilines is 2. The van der Waals surface area contributed by atoms with E-state index in [9.17, 15) is 18.3 Å². The molecule has 1 fully saturated rings. The zero-order valence-corrected chi connectivity index (χ0v) is 19.6. The number of nitrogens with one attached hydrogen (secondary N) is 1. The smallest absolute Gasteiger partial charge is 0.263 e. The van der Waals surface area contributed by atoms with E-state index in [0.717, 1.165) is 11.3 Å². The van der Waals surface area contributed by atoms with Crippen molar-refractivity contribution in [3.05, 3.63) is 72.7 Å². The number of hydrogen-bond acceptors (Lipinski definition) is 7. The maximum Gasteiger partial charge on any atom is 0.263 e. The second kappa shape index (κ2) is 10.1. The number of phenolic OH excluding ortho intramolecular Hbond substituents is 1. The normalized spacial score (nSPS) is 15.1. The van der Waals surface area contributed by atoms with Crippen molar-refractivity contribution in [1.82, 2.24) is 14.9 Å². The first kappa shape index (κ1) is 23.5. The second-order valence-corrected chi connectivity index (χ2v) is 9.96. The summed E-state index contributed by atoms with van der Waals surface area (Å²) in [7, 11) is -3.75. The molecule has 0 spiro atoms. The molecule has 0 radical (unpaired) electrons. The lowest BCUT2D eigenvalue weighted by molar-refractivity contribution is -0.135. The molecule has 1 amide bonds. The Morgan fingerprint density at radius 2 is 1.85 bits per heavy atom. The number of hydrogen-bond donors (Lipinski definition) is 2. The summed E-state index contributed by atoms with van der Waals surface area (Å²) < 4.78 is 27.6. The standard InChI is InChI=1S/C24H27N5O4S.2H2/c1-18(15-19-3-2-4-21(30)16-19)24(31)29-13-11-28(12-14-29)20-5-7-22(8-6-20)34(32,33)27-23-9-10-25-17-26-23;;/h2-10,16-18,30H,11-15H2,1H3,(H,25,26,27);2*1H. The van der Waals surface area contributed by atoms with Gasteiger partial charge in [-0.05, 0) is 54.4 Å². The molecule has 2 heterocycles. The van der Waals surface area contributed by atoms with Gasteiger partial charge in [-0.1, -0.05) is 19.1 Å². The molecule has 0 aliphatic carbocycles. The molecular weight excluding hydrogens is 454 g/mol. The van der Waals surface area contributed by atoms with Gasteiger partial charge >= 0.3 is 0 Å². The maximum atomic E-state index is 12.9. The van der Waals surface area contributed by atoms with Crippen LogP contribution in [0.4, 0.5) is 11.5 Å². The predicted molar refractivity (Wildman–Crippen MR) is 133 cm³/mol. The number of aromatic hydroxyl groups is 1. The zero-order valence-electron chi connectivity index (χ0n) is 18.8. The Morgan fingerprint density at radius 3 is 2.50 bits per heavy atom. The van der Waals surface area contributed by atoms with Gasteiger partial charge in [-0.25, -0.2) is 18.4 Å². The molecule has 3 aromatic rings. The zero-order chi connectivity index (χ0) is 24.1. The first-order valence-corrected chi connectivity index (χ1v) is 12.5. The van der Waals surface area contributed by atoms with Gasteiger partial charge < -0.3 is 14.9 Å². The molecule has 1 atom stereocenters. The number of aromatic nitrogens is 2. The minimum atomic E-state index is -3.75. The Kier molecular flexibility index (Phi) is 6.97. The lowest BCUT2D eigenvalue weighted by atomic mass is 9.99. The number of piperazine rings is 1. The van der Waals surface area contributed by atoms with E-state index in [1.165, 1.54) is 18.6 Å². The summed E-state index contributed by atoms with van der Waals surface area (Å²) >= 11 is 0. The summed E-state index contributed by atoms with van der Waals surface area (Å²) in [6.07, 6.45) is 3.32. The van der Waals surface area contributed by atoms with Crippen LogP contribution in [-0.2, 0) is 21.2 Å². The van der Waals surface area contributed by atoms with Crippen LogP contribution in [0, 0.1) is 5.92 Å². The first-order valence-electron chi connectivity index (χ1n) is 11.0. The molecule has 34 heavy (non-hydrogen) atoms. The molecule has 2 aromatic carbocycles. The largest absolute Gasteiger partial charge is 0.508 e. The molecule has 1 aromatic heterocycles. The van der Waals surface area contributed by atoms with Crippen LogP contribution < -0.4 is 9.62 Å². The summed E-state index contributed by atoms with van der Waals surface area (Å²) in [5.41, 5.74) is 1.84. The average molecular weight is 486 g/mol. The Balaban J connectivity index is 0.00000228. The number of nitrogens with zero attached hydrogens (tertiary/aromatic N) is 4. The van der Waals surface area contributed by atoms with Gasteiger partial charge in [0.2, 0.25) is 5.91 Å². The molecule has 1 aliphatic rings. The molecule has 4 rings (SSSR count). The third kappa shape index (κ3) is 5.63. The molecule has 2 N–H and O–H groups in total. The number of rotatable bonds is 7. The van der Waals surface area contributed by atoms with Gasteiger partial charge in [-0.3, -0.25) is 9.52 Å². The molecule has 0 bridgehead atoms. The fraction of sp³-hybridized carbons (Fsp3) is 0.292. The quantitative estimate of drug-likeness (QED) is 0.528. The Morgan fingerprint density at radius 1 is 1.12 bits per heavy atom. The van der Waals surface area contributed by atoms with Gasteiger partial charge in [-0.15, -0.1) is 0 Å². The topological polar surface area (TPSA) is 116 Å². The van der Waals surface area contributed by atoms with Crippen molar-refractivity contribution in [3.63, 3.8) is 0 Å².